The Labute approximate surface area is 142 Å². The van der Waals surface area contributed by atoms with Crippen molar-refractivity contribution in [3.63, 3.8) is 0 Å². The molecule has 0 radical (unpaired) electrons. The molecular formula is C19H24FN3O. The molecule has 5 heteroatoms. The van der Waals surface area contributed by atoms with Gasteiger partial charge in [0.15, 0.2) is 0 Å². The van der Waals surface area contributed by atoms with E-state index in [-0.39, 0.29) is 11.7 Å². The molecule has 0 unspecified atom stereocenters. The molecule has 128 valence electrons. The van der Waals surface area contributed by atoms with Gasteiger partial charge in [-0.2, -0.15) is 5.26 Å². The molecule has 2 aliphatic rings. The highest BCUT2D eigenvalue weighted by molar-refractivity contribution is 5.76. The number of amides is 1. The minimum atomic E-state index is -0.366. The van der Waals surface area contributed by atoms with Crippen molar-refractivity contribution in [2.75, 3.05) is 31.1 Å². The lowest BCUT2D eigenvalue weighted by Gasteiger charge is -2.36. The lowest BCUT2D eigenvalue weighted by atomic mass is 10.0. The van der Waals surface area contributed by atoms with Crippen LogP contribution in [0.5, 0.6) is 0 Å². The molecule has 1 aromatic carbocycles. The monoisotopic (exact) mass is 329 g/mol. The van der Waals surface area contributed by atoms with Crippen LogP contribution in [0.3, 0.4) is 0 Å². The van der Waals surface area contributed by atoms with Crippen molar-refractivity contribution in [2.45, 2.75) is 38.5 Å². The second kappa shape index (κ2) is 7.65. The summed E-state index contributed by atoms with van der Waals surface area (Å²) < 4.78 is 14.1. The third kappa shape index (κ3) is 3.87. The second-order valence-electron chi connectivity index (χ2n) is 6.83. The van der Waals surface area contributed by atoms with Crippen LogP contribution in [0.4, 0.5) is 10.1 Å². The molecular weight excluding hydrogens is 305 g/mol. The van der Waals surface area contributed by atoms with E-state index in [1.54, 1.807) is 12.1 Å². The van der Waals surface area contributed by atoms with Gasteiger partial charge in [0.2, 0.25) is 5.91 Å². The van der Waals surface area contributed by atoms with Crippen molar-refractivity contribution in [1.82, 2.24) is 4.90 Å². The van der Waals surface area contributed by atoms with E-state index in [9.17, 15) is 9.18 Å². The molecule has 1 aromatic rings. The molecule has 1 saturated carbocycles. The first-order chi connectivity index (χ1) is 11.7. The summed E-state index contributed by atoms with van der Waals surface area (Å²) in [6, 6.07) is 6.51. The largest absolute Gasteiger partial charge is 0.366 e. The highest BCUT2D eigenvalue weighted by Crippen LogP contribution is 2.29. The maximum Gasteiger partial charge on any atom is 0.222 e. The lowest BCUT2D eigenvalue weighted by Crippen LogP contribution is -2.49. The van der Waals surface area contributed by atoms with E-state index in [0.29, 0.717) is 43.9 Å². The molecule has 0 aromatic heterocycles. The summed E-state index contributed by atoms with van der Waals surface area (Å²) in [7, 11) is 0. The molecule has 0 atom stereocenters. The van der Waals surface area contributed by atoms with Crippen LogP contribution in [0.2, 0.25) is 0 Å². The third-order valence-electron chi connectivity index (χ3n) is 5.29. The molecule has 1 saturated heterocycles. The molecule has 2 fully saturated rings. The molecule has 4 nitrogen and oxygen atoms in total. The van der Waals surface area contributed by atoms with E-state index in [4.69, 9.17) is 5.26 Å². The summed E-state index contributed by atoms with van der Waals surface area (Å²) in [4.78, 5) is 16.2. The lowest BCUT2D eigenvalue weighted by molar-refractivity contribution is -0.131. The average molecular weight is 329 g/mol. The van der Waals surface area contributed by atoms with Gasteiger partial charge in [0, 0.05) is 32.6 Å². The number of piperazine rings is 1. The SMILES string of the molecule is N#Cc1ccc(N2CCN(C(=O)CCC3CCCC3)CC2)c(F)c1. The molecule has 0 N–H and O–H groups in total. The number of hydrogen-bond acceptors (Lipinski definition) is 3. The Morgan fingerprint density at radius 2 is 1.92 bits per heavy atom. The van der Waals surface area contributed by atoms with Gasteiger partial charge in [-0.15, -0.1) is 0 Å². The van der Waals surface area contributed by atoms with E-state index >= 15 is 0 Å². The molecule has 24 heavy (non-hydrogen) atoms. The second-order valence-corrected chi connectivity index (χ2v) is 6.83. The third-order valence-corrected chi connectivity index (χ3v) is 5.29. The summed E-state index contributed by atoms with van der Waals surface area (Å²) >= 11 is 0. The van der Waals surface area contributed by atoms with Crippen molar-refractivity contribution in [3.8, 4) is 6.07 Å². The van der Waals surface area contributed by atoms with Gasteiger partial charge in [-0.05, 0) is 30.5 Å². The number of nitriles is 1. The van der Waals surface area contributed by atoms with E-state index in [2.05, 4.69) is 0 Å². The molecule has 1 aliphatic heterocycles. The van der Waals surface area contributed by atoms with Gasteiger partial charge in [-0.1, -0.05) is 25.7 Å². The van der Waals surface area contributed by atoms with Crippen molar-refractivity contribution in [3.05, 3.63) is 29.6 Å². The van der Waals surface area contributed by atoms with Crippen molar-refractivity contribution >= 4 is 11.6 Å². The number of hydrogen-bond donors (Lipinski definition) is 0. The predicted octanol–water partition coefficient (Wildman–Crippen LogP) is 3.32. The topological polar surface area (TPSA) is 47.3 Å². The summed E-state index contributed by atoms with van der Waals surface area (Å²) in [5.41, 5.74) is 0.851. The van der Waals surface area contributed by atoms with Crippen LogP contribution < -0.4 is 4.90 Å². The van der Waals surface area contributed by atoms with Crippen LogP contribution in [0.15, 0.2) is 18.2 Å². The minimum absolute atomic E-state index is 0.238. The van der Waals surface area contributed by atoms with Crippen LogP contribution in [0.1, 0.15) is 44.1 Å². The first-order valence-corrected chi connectivity index (χ1v) is 8.90. The Morgan fingerprint density at radius 3 is 2.54 bits per heavy atom. The first kappa shape index (κ1) is 16.8. The van der Waals surface area contributed by atoms with Gasteiger partial charge in [-0.3, -0.25) is 4.79 Å². The number of rotatable bonds is 4. The maximum atomic E-state index is 14.1. The van der Waals surface area contributed by atoms with Gasteiger partial charge < -0.3 is 9.80 Å². The highest BCUT2D eigenvalue weighted by atomic mass is 19.1. The Kier molecular flexibility index (Phi) is 5.34. The van der Waals surface area contributed by atoms with E-state index < -0.39 is 0 Å². The molecule has 0 spiro atoms. The van der Waals surface area contributed by atoms with Crippen LogP contribution in [-0.2, 0) is 4.79 Å². The van der Waals surface area contributed by atoms with Gasteiger partial charge in [0.05, 0.1) is 17.3 Å². The van der Waals surface area contributed by atoms with Crippen LogP contribution >= 0.6 is 0 Å². The summed E-state index contributed by atoms with van der Waals surface area (Å²) in [6.07, 6.45) is 6.85. The molecule has 1 heterocycles. The van der Waals surface area contributed by atoms with Gasteiger partial charge in [0.25, 0.3) is 0 Å². The Balaban J connectivity index is 1.50. The molecule has 3 rings (SSSR count). The van der Waals surface area contributed by atoms with E-state index in [1.807, 2.05) is 15.9 Å². The highest BCUT2D eigenvalue weighted by Gasteiger charge is 2.24. The van der Waals surface area contributed by atoms with Crippen molar-refractivity contribution in [1.29, 1.82) is 5.26 Å². The molecule has 1 amide bonds. The number of nitrogens with zero attached hydrogens (tertiary/aromatic N) is 3. The van der Waals surface area contributed by atoms with E-state index in [1.165, 1.54) is 31.7 Å². The van der Waals surface area contributed by atoms with Crippen LogP contribution in [-0.4, -0.2) is 37.0 Å². The van der Waals surface area contributed by atoms with E-state index in [0.717, 1.165) is 12.3 Å². The maximum absolute atomic E-state index is 14.1. The van der Waals surface area contributed by atoms with Gasteiger partial charge >= 0.3 is 0 Å². The molecule has 0 bridgehead atoms. The standard InChI is InChI=1S/C19H24FN3O/c20-17-13-16(14-21)5-7-18(17)22-9-11-23(12-10-22)19(24)8-6-15-3-1-2-4-15/h5,7,13,15H,1-4,6,8-12H2. The molecule has 1 aliphatic carbocycles. The first-order valence-electron chi connectivity index (χ1n) is 8.90. The fourth-order valence-corrected chi connectivity index (χ4v) is 3.81. The number of benzene rings is 1. The quantitative estimate of drug-likeness (QED) is 0.851. The summed E-state index contributed by atoms with van der Waals surface area (Å²) in [5.74, 6) is 0.611. The zero-order valence-corrected chi connectivity index (χ0v) is 14.0. The Morgan fingerprint density at radius 1 is 1.21 bits per heavy atom. The number of anilines is 1. The average Bonchev–Trinajstić information content (AvgIpc) is 3.13. The van der Waals surface area contributed by atoms with Crippen molar-refractivity contribution in [2.24, 2.45) is 5.92 Å². The number of carbonyl (C=O) groups excluding carboxylic acids is 1. The normalized spacial score (nSPS) is 18.7. The van der Waals surface area contributed by atoms with Gasteiger partial charge in [0.1, 0.15) is 5.82 Å². The van der Waals surface area contributed by atoms with Crippen LogP contribution in [0.25, 0.3) is 0 Å². The summed E-state index contributed by atoms with van der Waals surface area (Å²) in [6.45, 7) is 2.56. The number of halogens is 1. The predicted molar refractivity (Wildman–Crippen MR) is 91.1 cm³/mol. The fourth-order valence-electron chi connectivity index (χ4n) is 3.81. The van der Waals surface area contributed by atoms with Gasteiger partial charge in [-0.25, -0.2) is 4.39 Å². The van der Waals surface area contributed by atoms with Crippen molar-refractivity contribution < 1.29 is 9.18 Å². The fraction of sp³-hybridized carbons (Fsp3) is 0.579. The Bertz CT molecular complexity index is 626. The zero-order chi connectivity index (χ0) is 16.9. The Hall–Kier alpha value is -2.09. The minimum Gasteiger partial charge on any atom is -0.366 e. The summed E-state index contributed by atoms with van der Waals surface area (Å²) in [5, 5.41) is 8.81. The van der Waals surface area contributed by atoms with Crippen LogP contribution in [0, 0.1) is 23.1 Å². The zero-order valence-electron chi connectivity index (χ0n) is 14.0. The number of carbonyl (C=O) groups is 1. The smallest absolute Gasteiger partial charge is 0.222 e.